The fourth-order valence-corrected chi connectivity index (χ4v) is 7.34. The molecule has 4 aliphatic carbocycles. The van der Waals surface area contributed by atoms with Crippen molar-refractivity contribution in [2.45, 2.75) is 56.7 Å². The van der Waals surface area contributed by atoms with Crippen LogP contribution in [0.4, 0.5) is 0 Å². The molecular formula is C21H28BrNO2. The number of carbonyl (C=O) groups is 1. The van der Waals surface area contributed by atoms with Gasteiger partial charge >= 0.3 is 0 Å². The van der Waals surface area contributed by atoms with Crippen LogP contribution >= 0.6 is 15.9 Å². The van der Waals surface area contributed by atoms with Crippen molar-refractivity contribution in [1.82, 2.24) is 5.32 Å². The molecule has 1 aromatic carbocycles. The number of amides is 1. The Morgan fingerprint density at radius 2 is 1.96 bits per heavy atom. The van der Waals surface area contributed by atoms with E-state index in [9.17, 15) is 4.79 Å². The van der Waals surface area contributed by atoms with Gasteiger partial charge in [0.15, 0.2) is 0 Å². The molecule has 0 heterocycles. The topological polar surface area (TPSA) is 38.3 Å². The maximum Gasteiger partial charge on any atom is 0.226 e. The van der Waals surface area contributed by atoms with E-state index in [-0.39, 0.29) is 15.6 Å². The summed E-state index contributed by atoms with van der Waals surface area (Å²) in [5.41, 5.74) is 2.25. The predicted octanol–water partition coefficient (Wildman–Crippen LogP) is 4.53. The minimum Gasteiger partial charge on any atom is -0.491 e. The first-order chi connectivity index (χ1) is 11.9. The van der Waals surface area contributed by atoms with Crippen LogP contribution in [0.3, 0.4) is 0 Å². The van der Waals surface area contributed by atoms with Crippen molar-refractivity contribution in [3.8, 4) is 5.75 Å². The van der Waals surface area contributed by atoms with E-state index in [0.717, 1.165) is 42.4 Å². The number of carbonyl (C=O) groups excluding carboxylic acids is 1. The highest BCUT2D eigenvalue weighted by molar-refractivity contribution is 9.10. The van der Waals surface area contributed by atoms with Crippen LogP contribution in [0, 0.1) is 31.1 Å². The molecule has 2 unspecified atom stereocenters. The normalized spacial score (nSPS) is 35.6. The molecule has 5 rings (SSSR count). The zero-order valence-electron chi connectivity index (χ0n) is 15.2. The quantitative estimate of drug-likeness (QED) is 0.576. The molecule has 4 aliphatic rings. The summed E-state index contributed by atoms with van der Waals surface area (Å²) in [5.74, 6) is 2.64. The van der Waals surface area contributed by atoms with E-state index >= 15 is 0 Å². The van der Waals surface area contributed by atoms with Gasteiger partial charge in [-0.15, -0.1) is 0 Å². The fraction of sp³-hybridized carbons (Fsp3) is 0.667. The summed E-state index contributed by atoms with van der Waals surface area (Å²) in [6.45, 7) is 5.25. The van der Waals surface area contributed by atoms with Crippen molar-refractivity contribution in [2.24, 2.45) is 17.3 Å². The second kappa shape index (κ2) is 6.29. The Morgan fingerprint density at radius 3 is 2.60 bits per heavy atom. The summed E-state index contributed by atoms with van der Waals surface area (Å²) in [4.78, 5) is 13.0. The van der Waals surface area contributed by atoms with E-state index in [1.807, 2.05) is 6.07 Å². The van der Waals surface area contributed by atoms with Gasteiger partial charge < -0.3 is 10.1 Å². The minimum atomic E-state index is -0.132. The van der Waals surface area contributed by atoms with Crippen LogP contribution in [-0.4, -0.2) is 23.4 Å². The van der Waals surface area contributed by atoms with E-state index in [0.29, 0.717) is 13.2 Å². The third-order valence-electron chi connectivity index (χ3n) is 6.45. The molecule has 3 nitrogen and oxygen atoms in total. The smallest absolute Gasteiger partial charge is 0.226 e. The molecule has 136 valence electrons. The van der Waals surface area contributed by atoms with E-state index < -0.39 is 0 Å². The third-order valence-corrected chi connectivity index (χ3v) is 7.37. The second-order valence-corrected chi connectivity index (χ2v) is 10.4. The van der Waals surface area contributed by atoms with Crippen molar-refractivity contribution in [3.05, 3.63) is 29.3 Å². The van der Waals surface area contributed by atoms with Gasteiger partial charge in [0.1, 0.15) is 12.4 Å². The number of hydrogen-bond donors (Lipinski definition) is 1. The predicted molar refractivity (Wildman–Crippen MR) is 103 cm³/mol. The standard InChI is InChI=1S/C21H28BrNO2/c1-14-3-4-18(15(2)7-14)25-6-5-23-19(24)20-9-16-8-17(10-20)12-21(22,11-16)13-20/h3-4,7,16-17H,5-6,8-13H2,1-2H3,(H,23,24). The molecule has 4 fully saturated rings. The van der Waals surface area contributed by atoms with Gasteiger partial charge in [0.2, 0.25) is 5.91 Å². The highest BCUT2D eigenvalue weighted by Gasteiger charge is 2.59. The largest absolute Gasteiger partial charge is 0.491 e. The number of aryl methyl sites for hydroxylation is 2. The highest BCUT2D eigenvalue weighted by Crippen LogP contribution is 2.64. The number of rotatable bonds is 5. The van der Waals surface area contributed by atoms with Gasteiger partial charge in [-0.1, -0.05) is 33.6 Å². The molecular weight excluding hydrogens is 378 g/mol. The van der Waals surface area contributed by atoms with Gasteiger partial charge in [0.25, 0.3) is 0 Å². The molecule has 2 atom stereocenters. The lowest BCUT2D eigenvalue weighted by molar-refractivity contribution is -0.144. The summed E-state index contributed by atoms with van der Waals surface area (Å²) in [6, 6.07) is 6.20. The van der Waals surface area contributed by atoms with Crippen LogP contribution in [0.2, 0.25) is 0 Å². The Balaban J connectivity index is 1.32. The molecule has 0 aromatic heterocycles. The first-order valence-corrected chi connectivity index (χ1v) is 10.3. The lowest BCUT2D eigenvalue weighted by atomic mass is 9.49. The fourth-order valence-electron chi connectivity index (χ4n) is 5.89. The van der Waals surface area contributed by atoms with Gasteiger partial charge in [-0.05, 0) is 75.8 Å². The molecule has 0 spiro atoms. The van der Waals surface area contributed by atoms with Gasteiger partial charge in [0.05, 0.1) is 12.0 Å². The second-order valence-electron chi connectivity index (χ2n) is 8.77. The zero-order chi connectivity index (χ0) is 17.7. The number of benzene rings is 1. The summed E-state index contributed by atoms with van der Waals surface area (Å²) in [7, 11) is 0. The van der Waals surface area contributed by atoms with E-state index in [2.05, 4.69) is 47.2 Å². The SMILES string of the molecule is Cc1ccc(OCCNC(=O)C23CC4CC(CC(Br)(C4)C2)C3)c(C)c1. The maximum atomic E-state index is 13.0. The first-order valence-electron chi connectivity index (χ1n) is 9.55. The van der Waals surface area contributed by atoms with Gasteiger partial charge in [-0.3, -0.25) is 4.79 Å². The number of ether oxygens (including phenoxy) is 1. The van der Waals surface area contributed by atoms with Crippen molar-refractivity contribution in [1.29, 1.82) is 0 Å². The van der Waals surface area contributed by atoms with Crippen molar-refractivity contribution in [2.75, 3.05) is 13.2 Å². The van der Waals surface area contributed by atoms with Crippen molar-refractivity contribution < 1.29 is 9.53 Å². The Kier molecular flexibility index (Phi) is 4.38. The Bertz CT molecular complexity index is 672. The van der Waals surface area contributed by atoms with Crippen molar-refractivity contribution in [3.63, 3.8) is 0 Å². The molecule has 25 heavy (non-hydrogen) atoms. The van der Waals surface area contributed by atoms with Crippen LogP contribution in [-0.2, 0) is 4.79 Å². The van der Waals surface area contributed by atoms with Gasteiger partial charge in [-0.25, -0.2) is 0 Å². The summed E-state index contributed by atoms with van der Waals surface area (Å²) < 4.78 is 6.08. The lowest BCUT2D eigenvalue weighted by Crippen LogP contribution is -2.58. The molecule has 4 heteroatoms. The monoisotopic (exact) mass is 405 g/mol. The van der Waals surface area contributed by atoms with Crippen LogP contribution in [0.5, 0.6) is 5.75 Å². The van der Waals surface area contributed by atoms with Crippen LogP contribution in [0.1, 0.15) is 49.7 Å². The number of halogens is 1. The van der Waals surface area contributed by atoms with E-state index in [1.54, 1.807) is 0 Å². The summed E-state index contributed by atoms with van der Waals surface area (Å²) in [6.07, 6.45) is 7.03. The maximum absolute atomic E-state index is 13.0. The van der Waals surface area contributed by atoms with E-state index in [4.69, 9.17) is 4.74 Å². The molecule has 0 aliphatic heterocycles. The molecule has 4 bridgehead atoms. The summed E-state index contributed by atoms with van der Waals surface area (Å²) >= 11 is 3.98. The number of alkyl halides is 1. The van der Waals surface area contributed by atoms with Crippen LogP contribution in [0.25, 0.3) is 0 Å². The van der Waals surface area contributed by atoms with Gasteiger partial charge in [0, 0.05) is 4.32 Å². The van der Waals surface area contributed by atoms with Crippen molar-refractivity contribution >= 4 is 21.8 Å². The lowest BCUT2D eigenvalue weighted by Gasteiger charge is -2.59. The molecule has 4 saturated carbocycles. The Hall–Kier alpha value is -1.03. The van der Waals surface area contributed by atoms with Gasteiger partial charge in [-0.2, -0.15) is 0 Å². The average Bonchev–Trinajstić information content (AvgIpc) is 2.50. The Morgan fingerprint density at radius 1 is 1.24 bits per heavy atom. The molecule has 1 aromatic rings. The van der Waals surface area contributed by atoms with E-state index in [1.165, 1.54) is 24.8 Å². The third kappa shape index (κ3) is 3.34. The Labute approximate surface area is 159 Å². The average molecular weight is 406 g/mol. The van der Waals surface area contributed by atoms with Crippen LogP contribution < -0.4 is 10.1 Å². The zero-order valence-corrected chi connectivity index (χ0v) is 16.8. The number of hydrogen-bond acceptors (Lipinski definition) is 2. The molecule has 0 saturated heterocycles. The molecule has 0 radical (unpaired) electrons. The first kappa shape index (κ1) is 17.4. The molecule has 1 N–H and O–H groups in total. The minimum absolute atomic E-state index is 0.132. The van der Waals surface area contributed by atoms with Crippen LogP contribution in [0.15, 0.2) is 18.2 Å². The summed E-state index contributed by atoms with van der Waals surface area (Å²) in [5, 5.41) is 3.17. The molecule has 1 amide bonds. The highest BCUT2D eigenvalue weighted by atomic mass is 79.9. The number of nitrogens with one attached hydrogen (secondary N) is 1.